The number of hydrogen-bond acceptors (Lipinski definition) is 4. The first-order valence-corrected chi connectivity index (χ1v) is 8.71. The van der Waals surface area contributed by atoms with Gasteiger partial charge in [-0.3, -0.25) is 15.1 Å². The molecule has 0 aliphatic carbocycles. The highest BCUT2D eigenvalue weighted by Crippen LogP contribution is 2.18. The van der Waals surface area contributed by atoms with Crippen LogP contribution < -0.4 is 16.2 Å². The van der Waals surface area contributed by atoms with E-state index in [-0.39, 0.29) is 5.56 Å². The van der Waals surface area contributed by atoms with E-state index in [1.165, 1.54) is 10.7 Å². The highest BCUT2D eigenvalue weighted by molar-refractivity contribution is 6.30. The third-order valence-electron chi connectivity index (χ3n) is 3.74. The first-order chi connectivity index (χ1) is 12.6. The van der Waals surface area contributed by atoms with Crippen molar-refractivity contribution in [3.05, 3.63) is 51.8 Å². The number of aromatic nitrogens is 2. The molecule has 0 aliphatic rings. The van der Waals surface area contributed by atoms with Crippen molar-refractivity contribution in [1.82, 2.24) is 20.4 Å². The maximum absolute atomic E-state index is 12.0. The molecular formula is C18H21ClN6O. The van der Waals surface area contributed by atoms with Gasteiger partial charge in [-0.15, -0.1) is 0 Å². The monoisotopic (exact) mass is 372 g/mol. The predicted octanol–water partition coefficient (Wildman–Crippen LogP) is 2.38. The molecule has 7 nitrogen and oxygen atoms in total. The zero-order valence-electron chi connectivity index (χ0n) is 14.6. The van der Waals surface area contributed by atoms with E-state index in [1.54, 1.807) is 25.2 Å². The number of rotatable bonds is 7. The molecule has 0 atom stereocenters. The summed E-state index contributed by atoms with van der Waals surface area (Å²) in [6.07, 6.45) is 4.49. The number of unbranched alkanes of at least 4 members (excludes halogenated alkanes) is 2. The molecule has 0 unspecified atom stereocenters. The predicted molar refractivity (Wildman–Crippen MR) is 103 cm³/mol. The Hall–Kier alpha value is -2.85. The van der Waals surface area contributed by atoms with Gasteiger partial charge in [0.25, 0.3) is 5.56 Å². The molecular weight excluding hydrogens is 352 g/mol. The minimum atomic E-state index is -0.112. The van der Waals surface area contributed by atoms with E-state index in [0.29, 0.717) is 24.1 Å². The van der Waals surface area contributed by atoms with Gasteiger partial charge in [-0.25, -0.2) is 4.68 Å². The summed E-state index contributed by atoms with van der Waals surface area (Å²) >= 11 is 5.90. The van der Waals surface area contributed by atoms with Crippen molar-refractivity contribution in [2.75, 3.05) is 13.6 Å². The van der Waals surface area contributed by atoms with E-state index in [1.807, 2.05) is 18.3 Å². The summed E-state index contributed by atoms with van der Waals surface area (Å²) in [5.74, 6) is 0.459. The number of nitrogens with one attached hydrogen (secondary N) is 2. The molecule has 1 aromatic carbocycles. The Morgan fingerprint density at radius 2 is 2.00 bits per heavy atom. The Balaban J connectivity index is 1.84. The summed E-state index contributed by atoms with van der Waals surface area (Å²) in [5, 5.41) is 19.2. The summed E-state index contributed by atoms with van der Waals surface area (Å²) in [7, 11) is 1.61. The smallest absolute Gasteiger partial charge is 0.266 e. The van der Waals surface area contributed by atoms with Crippen LogP contribution in [-0.2, 0) is 6.54 Å². The molecule has 26 heavy (non-hydrogen) atoms. The lowest BCUT2D eigenvalue weighted by atomic mass is 10.1. The molecule has 8 heteroatoms. The fraction of sp³-hybridized carbons (Fsp3) is 0.333. The van der Waals surface area contributed by atoms with Crippen LogP contribution in [0.2, 0.25) is 5.02 Å². The Labute approximate surface area is 157 Å². The van der Waals surface area contributed by atoms with Gasteiger partial charge in [-0.1, -0.05) is 23.7 Å². The van der Waals surface area contributed by atoms with Crippen molar-refractivity contribution in [3.8, 4) is 17.5 Å². The van der Waals surface area contributed by atoms with Crippen LogP contribution in [0, 0.1) is 11.5 Å². The molecule has 2 N–H and O–H groups in total. The molecule has 1 aromatic heterocycles. The average molecular weight is 373 g/mol. The van der Waals surface area contributed by atoms with Gasteiger partial charge >= 0.3 is 0 Å². The van der Waals surface area contributed by atoms with Crippen LogP contribution in [0.3, 0.4) is 0 Å². The van der Waals surface area contributed by atoms with Crippen LogP contribution in [0.4, 0.5) is 0 Å². The zero-order valence-corrected chi connectivity index (χ0v) is 15.3. The molecule has 136 valence electrons. The zero-order chi connectivity index (χ0) is 18.8. The Kier molecular flexibility index (Phi) is 7.65. The lowest BCUT2D eigenvalue weighted by molar-refractivity contribution is 0.521. The quantitative estimate of drug-likeness (QED) is 0.256. The molecule has 0 radical (unpaired) electrons. The number of hydrogen-bond donors (Lipinski definition) is 2. The number of nitriles is 1. The summed E-state index contributed by atoms with van der Waals surface area (Å²) in [6.45, 7) is 1.26. The maximum Gasteiger partial charge on any atom is 0.266 e. The van der Waals surface area contributed by atoms with Gasteiger partial charge in [0.2, 0.25) is 5.96 Å². The Bertz CT molecular complexity index is 838. The Morgan fingerprint density at radius 3 is 2.69 bits per heavy atom. The number of guanidine groups is 1. The molecule has 2 rings (SSSR count). The van der Waals surface area contributed by atoms with Gasteiger partial charge in [-0.05, 0) is 37.5 Å². The second-order valence-corrected chi connectivity index (χ2v) is 6.02. The van der Waals surface area contributed by atoms with E-state index >= 15 is 0 Å². The fourth-order valence-corrected chi connectivity index (χ4v) is 2.51. The molecule has 0 saturated carbocycles. The Morgan fingerprint density at radius 1 is 1.23 bits per heavy atom. The van der Waals surface area contributed by atoms with Crippen molar-refractivity contribution in [2.45, 2.75) is 25.8 Å². The SMILES string of the molecule is CN=C(NC#N)NCCCCCn1nc(-c2ccc(Cl)cc2)ccc1=O. The molecule has 0 saturated heterocycles. The van der Waals surface area contributed by atoms with Gasteiger partial charge < -0.3 is 5.32 Å². The highest BCUT2D eigenvalue weighted by Gasteiger charge is 2.04. The number of aryl methyl sites for hydroxylation is 1. The van der Waals surface area contributed by atoms with Gasteiger partial charge in [0.1, 0.15) is 0 Å². The summed E-state index contributed by atoms with van der Waals surface area (Å²) in [5.41, 5.74) is 1.55. The van der Waals surface area contributed by atoms with E-state index in [0.717, 1.165) is 30.5 Å². The average Bonchev–Trinajstić information content (AvgIpc) is 2.65. The molecule has 2 aromatic rings. The number of nitrogens with zero attached hydrogens (tertiary/aromatic N) is 4. The minimum absolute atomic E-state index is 0.112. The van der Waals surface area contributed by atoms with E-state index in [4.69, 9.17) is 16.9 Å². The van der Waals surface area contributed by atoms with Crippen LogP contribution >= 0.6 is 11.6 Å². The third-order valence-corrected chi connectivity index (χ3v) is 4.00. The second kappa shape index (κ2) is 10.2. The fourth-order valence-electron chi connectivity index (χ4n) is 2.39. The highest BCUT2D eigenvalue weighted by atomic mass is 35.5. The first-order valence-electron chi connectivity index (χ1n) is 8.34. The van der Waals surface area contributed by atoms with E-state index in [9.17, 15) is 4.79 Å². The van der Waals surface area contributed by atoms with Crippen LogP contribution in [0.5, 0.6) is 0 Å². The number of halogens is 1. The summed E-state index contributed by atoms with van der Waals surface area (Å²) in [4.78, 5) is 15.9. The summed E-state index contributed by atoms with van der Waals surface area (Å²) in [6, 6.07) is 10.6. The third kappa shape index (κ3) is 5.90. The topological polar surface area (TPSA) is 95.1 Å². The lowest BCUT2D eigenvalue weighted by Gasteiger charge is -2.08. The van der Waals surface area contributed by atoms with Crippen LogP contribution in [-0.4, -0.2) is 29.3 Å². The number of aliphatic imine (C=N–C) groups is 1. The normalized spacial score (nSPS) is 11.0. The largest absolute Gasteiger partial charge is 0.356 e. The van der Waals surface area contributed by atoms with Crippen molar-refractivity contribution in [2.24, 2.45) is 4.99 Å². The maximum atomic E-state index is 12.0. The molecule has 0 amide bonds. The molecule has 0 bridgehead atoms. The molecule has 0 aliphatic heterocycles. The van der Waals surface area contributed by atoms with E-state index in [2.05, 4.69) is 20.7 Å². The van der Waals surface area contributed by atoms with Gasteiger partial charge in [0.15, 0.2) is 6.19 Å². The molecule has 0 spiro atoms. The lowest BCUT2D eigenvalue weighted by Crippen LogP contribution is -2.34. The minimum Gasteiger partial charge on any atom is -0.356 e. The van der Waals surface area contributed by atoms with Gasteiger partial charge in [-0.2, -0.15) is 10.4 Å². The molecule has 1 heterocycles. The first kappa shape index (κ1) is 19.5. The van der Waals surface area contributed by atoms with Crippen LogP contribution in [0.1, 0.15) is 19.3 Å². The summed E-state index contributed by atoms with van der Waals surface area (Å²) < 4.78 is 1.49. The van der Waals surface area contributed by atoms with Crippen LogP contribution in [0.25, 0.3) is 11.3 Å². The number of benzene rings is 1. The van der Waals surface area contributed by atoms with Crippen molar-refractivity contribution >= 4 is 17.6 Å². The van der Waals surface area contributed by atoms with Crippen LogP contribution in [0.15, 0.2) is 46.2 Å². The second-order valence-electron chi connectivity index (χ2n) is 5.58. The standard InChI is InChI=1S/C18H21ClN6O/c1-21-18(23-13-20)22-11-3-2-4-12-25-17(26)10-9-16(24-25)14-5-7-15(19)8-6-14/h5-10H,2-4,11-12H2,1H3,(H2,21,22,23). The van der Waals surface area contributed by atoms with Gasteiger partial charge in [0.05, 0.1) is 5.69 Å². The van der Waals surface area contributed by atoms with Crippen molar-refractivity contribution < 1.29 is 0 Å². The van der Waals surface area contributed by atoms with Gasteiger partial charge in [0, 0.05) is 36.8 Å². The van der Waals surface area contributed by atoms with Crippen molar-refractivity contribution in [1.29, 1.82) is 5.26 Å². The van der Waals surface area contributed by atoms with Crippen molar-refractivity contribution in [3.63, 3.8) is 0 Å². The molecule has 0 fully saturated rings. The van der Waals surface area contributed by atoms with E-state index < -0.39 is 0 Å².